The van der Waals surface area contributed by atoms with Crippen molar-refractivity contribution < 1.29 is 19.1 Å². The van der Waals surface area contributed by atoms with Crippen molar-refractivity contribution in [2.24, 2.45) is 5.10 Å². The van der Waals surface area contributed by atoms with Crippen LogP contribution in [0.2, 0.25) is 10.0 Å². The van der Waals surface area contributed by atoms with Crippen molar-refractivity contribution in [3.63, 3.8) is 0 Å². The standard InChI is InChI=1S/C27H26BrCl2N3O4/c1-16-5-4-6-23(17(16)2)32-25(34)9-10-26(35)33-31-14-18-11-21(28)27(24(12-18)36-3)37-15-19-7-8-20(29)13-22(19)30/h4-8,11-14H,9-10,15H2,1-3H3,(H,32,34)(H,33,35). The second-order valence-electron chi connectivity index (χ2n) is 8.15. The first-order chi connectivity index (χ1) is 17.7. The van der Waals surface area contributed by atoms with Crippen LogP contribution in [0.5, 0.6) is 11.5 Å². The highest BCUT2D eigenvalue weighted by Crippen LogP contribution is 2.37. The highest BCUT2D eigenvalue weighted by atomic mass is 79.9. The maximum absolute atomic E-state index is 12.2. The Bertz CT molecular complexity index is 1330. The van der Waals surface area contributed by atoms with Crippen molar-refractivity contribution in [2.75, 3.05) is 12.4 Å². The van der Waals surface area contributed by atoms with Crippen LogP contribution in [0, 0.1) is 13.8 Å². The van der Waals surface area contributed by atoms with Gasteiger partial charge in [0.2, 0.25) is 11.8 Å². The lowest BCUT2D eigenvalue weighted by atomic mass is 10.1. The predicted octanol–water partition coefficient (Wildman–Crippen LogP) is 6.83. The number of methoxy groups -OCH3 is 1. The molecule has 3 aromatic rings. The van der Waals surface area contributed by atoms with Crippen LogP contribution in [0.25, 0.3) is 0 Å². The van der Waals surface area contributed by atoms with Gasteiger partial charge >= 0.3 is 0 Å². The molecule has 2 amide bonds. The van der Waals surface area contributed by atoms with E-state index in [-0.39, 0.29) is 31.3 Å². The maximum atomic E-state index is 12.2. The molecule has 0 heterocycles. The second kappa shape index (κ2) is 13.5. The molecule has 0 bridgehead atoms. The summed E-state index contributed by atoms with van der Waals surface area (Å²) in [7, 11) is 1.52. The van der Waals surface area contributed by atoms with E-state index in [2.05, 4.69) is 31.8 Å². The zero-order chi connectivity index (χ0) is 26.9. The van der Waals surface area contributed by atoms with Crippen LogP contribution in [0.1, 0.15) is 35.1 Å². The Morgan fingerprint density at radius 1 is 1.05 bits per heavy atom. The fourth-order valence-corrected chi connectivity index (χ4v) is 4.34. The van der Waals surface area contributed by atoms with Gasteiger partial charge in [-0.1, -0.05) is 41.4 Å². The van der Waals surface area contributed by atoms with Gasteiger partial charge in [-0.25, -0.2) is 5.43 Å². The van der Waals surface area contributed by atoms with Gasteiger partial charge in [-0.15, -0.1) is 0 Å². The number of nitrogens with zero attached hydrogens (tertiary/aromatic N) is 1. The van der Waals surface area contributed by atoms with E-state index in [9.17, 15) is 9.59 Å². The summed E-state index contributed by atoms with van der Waals surface area (Å²) in [4.78, 5) is 24.4. The lowest BCUT2D eigenvalue weighted by Crippen LogP contribution is -2.21. The first-order valence-corrected chi connectivity index (χ1v) is 12.8. The Hall–Kier alpha value is -3.07. The molecule has 7 nitrogen and oxygen atoms in total. The number of halogens is 3. The molecule has 2 N–H and O–H groups in total. The van der Waals surface area contributed by atoms with Gasteiger partial charge in [-0.2, -0.15) is 5.10 Å². The van der Waals surface area contributed by atoms with E-state index in [1.54, 1.807) is 30.3 Å². The summed E-state index contributed by atoms with van der Waals surface area (Å²) >= 11 is 15.7. The minimum Gasteiger partial charge on any atom is -0.493 e. The molecular weight excluding hydrogens is 581 g/mol. The average Bonchev–Trinajstić information content (AvgIpc) is 2.85. The number of hydrogen-bond acceptors (Lipinski definition) is 5. The van der Waals surface area contributed by atoms with Crippen LogP contribution < -0.4 is 20.2 Å². The molecule has 10 heteroatoms. The van der Waals surface area contributed by atoms with Crippen LogP contribution in [-0.2, 0) is 16.2 Å². The van der Waals surface area contributed by atoms with E-state index < -0.39 is 0 Å². The zero-order valence-corrected chi connectivity index (χ0v) is 23.6. The second-order valence-corrected chi connectivity index (χ2v) is 9.85. The number of rotatable bonds is 10. The number of carbonyl (C=O) groups is 2. The molecule has 194 valence electrons. The Kier molecular flexibility index (Phi) is 10.4. The molecule has 3 rings (SSSR count). The van der Waals surface area contributed by atoms with Gasteiger partial charge in [0.05, 0.1) is 17.8 Å². The first-order valence-electron chi connectivity index (χ1n) is 11.3. The van der Waals surface area contributed by atoms with Crippen LogP contribution >= 0.6 is 39.1 Å². The predicted molar refractivity (Wildman–Crippen MR) is 151 cm³/mol. The molecule has 0 aromatic heterocycles. The molecule has 0 saturated heterocycles. The summed E-state index contributed by atoms with van der Waals surface area (Å²) in [5, 5.41) is 7.87. The molecule has 0 unspecified atom stereocenters. The molecule has 37 heavy (non-hydrogen) atoms. The molecule has 0 aliphatic rings. The third-order valence-electron chi connectivity index (χ3n) is 5.50. The number of carbonyl (C=O) groups excluding carboxylic acids is 2. The number of anilines is 1. The Balaban J connectivity index is 1.54. The SMILES string of the molecule is COc1cc(C=NNC(=O)CCC(=O)Nc2cccc(C)c2C)cc(Br)c1OCc1ccc(Cl)cc1Cl. The Morgan fingerprint density at radius 2 is 1.81 bits per heavy atom. The van der Waals surface area contributed by atoms with Gasteiger partial charge in [0.25, 0.3) is 0 Å². The highest BCUT2D eigenvalue weighted by molar-refractivity contribution is 9.10. The minimum absolute atomic E-state index is 0.00108. The third-order valence-corrected chi connectivity index (χ3v) is 6.68. The van der Waals surface area contributed by atoms with Crippen molar-refractivity contribution in [3.05, 3.63) is 85.3 Å². The Labute approximate surface area is 234 Å². The van der Waals surface area contributed by atoms with Crippen LogP contribution in [0.3, 0.4) is 0 Å². The summed E-state index contributed by atoms with van der Waals surface area (Å²) in [5.41, 5.74) is 6.69. The number of nitrogens with one attached hydrogen (secondary N) is 2. The number of hydrogen-bond donors (Lipinski definition) is 2. The third kappa shape index (κ3) is 8.21. The molecule has 0 radical (unpaired) electrons. The zero-order valence-electron chi connectivity index (χ0n) is 20.5. The summed E-state index contributed by atoms with van der Waals surface area (Å²) in [5.74, 6) is 0.343. The normalized spacial score (nSPS) is 10.9. The summed E-state index contributed by atoms with van der Waals surface area (Å²) in [6.45, 7) is 4.13. The average molecular weight is 607 g/mol. The topological polar surface area (TPSA) is 89.0 Å². The quantitative estimate of drug-likeness (QED) is 0.196. The number of benzene rings is 3. The smallest absolute Gasteiger partial charge is 0.240 e. The van der Waals surface area contributed by atoms with Crippen molar-refractivity contribution in [3.8, 4) is 11.5 Å². The number of aryl methyl sites for hydroxylation is 1. The Morgan fingerprint density at radius 3 is 2.54 bits per heavy atom. The summed E-state index contributed by atoms with van der Waals surface area (Å²) < 4.78 is 12.0. The van der Waals surface area contributed by atoms with Crippen molar-refractivity contribution >= 4 is 62.8 Å². The van der Waals surface area contributed by atoms with Gasteiger partial charge in [0.15, 0.2) is 11.5 Å². The molecule has 0 aliphatic heterocycles. The van der Waals surface area contributed by atoms with Gasteiger partial charge in [0.1, 0.15) is 6.61 Å². The minimum atomic E-state index is -0.377. The summed E-state index contributed by atoms with van der Waals surface area (Å²) in [6.07, 6.45) is 1.51. The highest BCUT2D eigenvalue weighted by Gasteiger charge is 2.13. The van der Waals surface area contributed by atoms with Crippen LogP contribution in [-0.4, -0.2) is 25.1 Å². The van der Waals surface area contributed by atoms with E-state index in [4.69, 9.17) is 32.7 Å². The van der Waals surface area contributed by atoms with Gasteiger partial charge in [0, 0.05) is 34.1 Å². The van der Waals surface area contributed by atoms with Gasteiger partial charge in [-0.05, 0) is 76.8 Å². The molecule has 0 saturated carbocycles. The molecule has 0 fully saturated rings. The van der Waals surface area contributed by atoms with Crippen molar-refractivity contribution in [2.45, 2.75) is 33.3 Å². The largest absolute Gasteiger partial charge is 0.493 e. The van der Waals surface area contributed by atoms with E-state index in [1.165, 1.54) is 13.3 Å². The number of amides is 2. The van der Waals surface area contributed by atoms with E-state index >= 15 is 0 Å². The lowest BCUT2D eigenvalue weighted by Gasteiger charge is -2.14. The fourth-order valence-electron chi connectivity index (χ4n) is 3.30. The summed E-state index contributed by atoms with van der Waals surface area (Å²) in [6, 6.07) is 14.4. The van der Waals surface area contributed by atoms with Crippen molar-refractivity contribution in [1.82, 2.24) is 5.43 Å². The van der Waals surface area contributed by atoms with E-state index in [0.717, 1.165) is 22.4 Å². The van der Waals surface area contributed by atoms with Gasteiger partial charge < -0.3 is 14.8 Å². The van der Waals surface area contributed by atoms with E-state index in [0.29, 0.717) is 31.6 Å². The molecular formula is C27H26BrCl2N3O4. The lowest BCUT2D eigenvalue weighted by molar-refractivity contribution is -0.124. The van der Waals surface area contributed by atoms with Gasteiger partial charge in [-0.3, -0.25) is 9.59 Å². The molecule has 0 spiro atoms. The molecule has 0 atom stereocenters. The fraction of sp³-hybridized carbons (Fsp3) is 0.222. The number of hydrazone groups is 1. The van der Waals surface area contributed by atoms with Crippen LogP contribution in [0.4, 0.5) is 5.69 Å². The molecule has 0 aliphatic carbocycles. The monoisotopic (exact) mass is 605 g/mol. The van der Waals surface area contributed by atoms with Crippen molar-refractivity contribution in [1.29, 1.82) is 0 Å². The van der Waals surface area contributed by atoms with Crippen LogP contribution in [0.15, 0.2) is 58.1 Å². The maximum Gasteiger partial charge on any atom is 0.240 e. The number of ether oxygens (including phenoxy) is 2. The van der Waals surface area contributed by atoms with E-state index in [1.807, 2.05) is 32.0 Å². The molecule has 3 aromatic carbocycles. The first kappa shape index (κ1) is 28.5.